The van der Waals surface area contributed by atoms with Crippen molar-refractivity contribution >= 4 is 22.8 Å². The second kappa shape index (κ2) is 5.94. The molecule has 3 heterocycles. The average molecular weight is 313 g/mol. The molecule has 2 aromatic rings. The first-order valence-electron chi connectivity index (χ1n) is 7.37. The molecule has 0 amide bonds. The van der Waals surface area contributed by atoms with Crippen molar-refractivity contribution in [3.05, 3.63) is 11.5 Å². The minimum absolute atomic E-state index is 0.0327. The van der Waals surface area contributed by atoms with Crippen LogP contribution in [0, 0.1) is 0 Å². The van der Waals surface area contributed by atoms with Crippen LogP contribution in [0.2, 0.25) is 0 Å². The van der Waals surface area contributed by atoms with Gasteiger partial charge in [0, 0.05) is 7.05 Å². The van der Waals surface area contributed by atoms with Gasteiger partial charge in [-0.3, -0.25) is 4.68 Å². The highest BCUT2D eigenvalue weighted by atomic mass is 35.5. The molecule has 116 valence electrons. The van der Waals surface area contributed by atoms with Crippen molar-refractivity contribution < 1.29 is 9.47 Å². The summed E-state index contributed by atoms with van der Waals surface area (Å²) in [4.78, 5) is 4.72. The summed E-state index contributed by atoms with van der Waals surface area (Å²) < 4.78 is 15.3. The van der Waals surface area contributed by atoms with Gasteiger partial charge in [0.05, 0.1) is 43.5 Å². The zero-order chi connectivity index (χ0) is 15.0. The first-order chi connectivity index (χ1) is 10.1. The number of fused-ring (bicyclic) bond motifs is 1. The molecule has 0 saturated carbocycles. The lowest BCUT2D eigenvalue weighted by molar-refractivity contribution is -0.0935. The van der Waals surface area contributed by atoms with E-state index in [0.717, 1.165) is 29.1 Å². The molecule has 7 heteroatoms. The fourth-order valence-corrected chi connectivity index (χ4v) is 2.99. The molecule has 0 N–H and O–H groups in total. The number of nitrogens with zero attached hydrogens (tertiary/aromatic N) is 4. The van der Waals surface area contributed by atoms with Crippen LogP contribution in [0.15, 0.2) is 0 Å². The van der Waals surface area contributed by atoms with E-state index in [9.17, 15) is 0 Å². The summed E-state index contributed by atoms with van der Waals surface area (Å²) in [6.45, 7) is 6.62. The number of halogens is 1. The van der Waals surface area contributed by atoms with Gasteiger partial charge in [-0.25, -0.2) is 4.98 Å². The Morgan fingerprint density at radius 3 is 2.86 bits per heavy atom. The van der Waals surface area contributed by atoms with Crippen molar-refractivity contribution in [1.82, 2.24) is 19.3 Å². The predicted octanol–water partition coefficient (Wildman–Crippen LogP) is 2.05. The van der Waals surface area contributed by atoms with E-state index in [1.807, 2.05) is 18.7 Å². The van der Waals surface area contributed by atoms with Gasteiger partial charge in [-0.2, -0.15) is 5.10 Å². The lowest BCUT2D eigenvalue weighted by atomic mass is 10.3. The van der Waals surface area contributed by atoms with E-state index in [4.69, 9.17) is 26.1 Å². The number of ether oxygens (including phenoxy) is 2. The first kappa shape index (κ1) is 14.8. The fourth-order valence-electron chi connectivity index (χ4n) is 2.83. The zero-order valence-electron chi connectivity index (χ0n) is 12.7. The maximum Gasteiger partial charge on any atom is 0.158 e. The largest absolute Gasteiger partial charge is 0.376 e. The zero-order valence-corrected chi connectivity index (χ0v) is 13.4. The molecule has 0 aliphatic carbocycles. The standard InChI is InChI=1S/C14H21ClN4O2/c1-4-11-12-14(18(3)17-11)19(13(16-12)9(2)15)7-10-8-20-5-6-21-10/h9-10H,4-8H2,1-3H3. The van der Waals surface area contributed by atoms with Crippen molar-refractivity contribution in [3.8, 4) is 0 Å². The summed E-state index contributed by atoms with van der Waals surface area (Å²) in [5.74, 6) is 0.864. The molecule has 2 aromatic heterocycles. The lowest BCUT2D eigenvalue weighted by Gasteiger charge is -2.24. The average Bonchev–Trinajstić information content (AvgIpc) is 2.99. The third kappa shape index (κ3) is 2.67. The Labute approximate surface area is 129 Å². The quantitative estimate of drug-likeness (QED) is 0.811. The van der Waals surface area contributed by atoms with Gasteiger partial charge in [0.2, 0.25) is 0 Å². The minimum atomic E-state index is -0.161. The monoisotopic (exact) mass is 312 g/mol. The second-order valence-electron chi connectivity index (χ2n) is 5.36. The van der Waals surface area contributed by atoms with E-state index in [1.165, 1.54) is 0 Å². The molecule has 1 aliphatic rings. The number of imidazole rings is 1. The molecule has 6 nitrogen and oxygen atoms in total. The molecular weight excluding hydrogens is 292 g/mol. The Kier molecular flexibility index (Phi) is 4.19. The molecule has 1 aliphatic heterocycles. The predicted molar refractivity (Wildman–Crippen MR) is 80.7 cm³/mol. The second-order valence-corrected chi connectivity index (χ2v) is 6.02. The third-order valence-corrected chi connectivity index (χ3v) is 3.98. The first-order valence-corrected chi connectivity index (χ1v) is 7.80. The van der Waals surface area contributed by atoms with E-state index in [-0.39, 0.29) is 11.5 Å². The maximum absolute atomic E-state index is 6.32. The number of alkyl halides is 1. The summed E-state index contributed by atoms with van der Waals surface area (Å²) >= 11 is 6.32. The maximum atomic E-state index is 6.32. The molecule has 1 saturated heterocycles. The van der Waals surface area contributed by atoms with E-state index in [1.54, 1.807) is 0 Å². The SMILES string of the molecule is CCc1nn(C)c2c1nc(C(C)Cl)n2CC1COCCO1. The Morgan fingerprint density at radius 2 is 2.24 bits per heavy atom. The van der Waals surface area contributed by atoms with Crippen LogP contribution in [0.1, 0.15) is 30.7 Å². The van der Waals surface area contributed by atoms with E-state index in [0.29, 0.717) is 26.4 Å². The summed E-state index contributed by atoms with van der Waals surface area (Å²) in [6.07, 6.45) is 0.887. The molecule has 2 unspecified atom stereocenters. The number of hydrogen-bond donors (Lipinski definition) is 0. The van der Waals surface area contributed by atoms with Crippen LogP contribution in [-0.2, 0) is 29.5 Å². The topological polar surface area (TPSA) is 54.1 Å². The molecule has 0 aromatic carbocycles. The minimum Gasteiger partial charge on any atom is -0.376 e. The molecular formula is C14H21ClN4O2. The van der Waals surface area contributed by atoms with Crippen LogP contribution >= 0.6 is 11.6 Å². The number of aromatic nitrogens is 4. The van der Waals surface area contributed by atoms with E-state index >= 15 is 0 Å². The van der Waals surface area contributed by atoms with Gasteiger partial charge >= 0.3 is 0 Å². The molecule has 0 radical (unpaired) electrons. The Balaban J connectivity index is 2.04. The van der Waals surface area contributed by atoms with Crippen LogP contribution in [0.4, 0.5) is 0 Å². The van der Waals surface area contributed by atoms with Gasteiger partial charge in [-0.15, -0.1) is 11.6 Å². The lowest BCUT2D eigenvalue weighted by Crippen LogP contribution is -2.33. The normalized spacial score (nSPS) is 21.0. The van der Waals surface area contributed by atoms with Crippen molar-refractivity contribution in [1.29, 1.82) is 0 Å². The Hall–Kier alpha value is -1.11. The van der Waals surface area contributed by atoms with Gasteiger partial charge in [0.25, 0.3) is 0 Å². The number of hydrogen-bond acceptors (Lipinski definition) is 4. The molecule has 1 fully saturated rings. The molecule has 0 bridgehead atoms. The highest BCUT2D eigenvalue weighted by molar-refractivity contribution is 6.20. The Bertz CT molecular complexity index is 628. The third-order valence-electron chi connectivity index (χ3n) is 3.78. The summed E-state index contributed by atoms with van der Waals surface area (Å²) in [7, 11) is 1.95. The van der Waals surface area contributed by atoms with Crippen LogP contribution in [0.25, 0.3) is 11.2 Å². The van der Waals surface area contributed by atoms with Crippen LogP contribution in [0.5, 0.6) is 0 Å². The van der Waals surface area contributed by atoms with Crippen LogP contribution in [0.3, 0.4) is 0 Å². The van der Waals surface area contributed by atoms with Gasteiger partial charge in [-0.1, -0.05) is 6.92 Å². The number of rotatable bonds is 4. The highest BCUT2D eigenvalue weighted by Gasteiger charge is 2.24. The van der Waals surface area contributed by atoms with Crippen molar-refractivity contribution in [2.75, 3.05) is 19.8 Å². The van der Waals surface area contributed by atoms with Gasteiger partial charge < -0.3 is 14.0 Å². The smallest absolute Gasteiger partial charge is 0.158 e. The molecule has 0 spiro atoms. The highest BCUT2D eigenvalue weighted by Crippen LogP contribution is 2.27. The van der Waals surface area contributed by atoms with Gasteiger partial charge in [-0.05, 0) is 13.3 Å². The van der Waals surface area contributed by atoms with Crippen LogP contribution in [-0.4, -0.2) is 45.3 Å². The molecule has 3 rings (SSSR count). The summed E-state index contributed by atoms with van der Waals surface area (Å²) in [5.41, 5.74) is 2.95. The summed E-state index contributed by atoms with van der Waals surface area (Å²) in [5, 5.41) is 4.38. The number of aryl methyl sites for hydroxylation is 2. The van der Waals surface area contributed by atoms with E-state index < -0.39 is 0 Å². The van der Waals surface area contributed by atoms with Crippen molar-refractivity contribution in [3.63, 3.8) is 0 Å². The molecule has 21 heavy (non-hydrogen) atoms. The van der Waals surface area contributed by atoms with Gasteiger partial charge in [0.1, 0.15) is 11.3 Å². The molecule has 2 atom stereocenters. The van der Waals surface area contributed by atoms with Crippen molar-refractivity contribution in [2.45, 2.75) is 38.3 Å². The van der Waals surface area contributed by atoms with Crippen molar-refractivity contribution in [2.24, 2.45) is 7.05 Å². The van der Waals surface area contributed by atoms with Crippen LogP contribution < -0.4 is 0 Å². The van der Waals surface area contributed by atoms with Gasteiger partial charge in [0.15, 0.2) is 5.65 Å². The fraction of sp³-hybridized carbons (Fsp3) is 0.714. The summed E-state index contributed by atoms with van der Waals surface area (Å²) in [6, 6.07) is 0. The van der Waals surface area contributed by atoms with E-state index in [2.05, 4.69) is 16.6 Å². The Morgan fingerprint density at radius 1 is 1.43 bits per heavy atom.